The molecule has 2 atom stereocenters. The second-order valence-corrected chi connectivity index (χ2v) is 6.75. The Labute approximate surface area is 115 Å². The Bertz CT molecular complexity index is 328. The zero-order valence-electron chi connectivity index (χ0n) is 11.6. The van der Waals surface area contributed by atoms with Gasteiger partial charge >= 0.3 is 5.97 Å². The van der Waals surface area contributed by atoms with E-state index in [4.69, 9.17) is 9.84 Å². The molecule has 0 bridgehead atoms. The molecule has 2 aliphatic heterocycles. The molecule has 108 valence electrons. The van der Waals surface area contributed by atoms with E-state index in [2.05, 4.69) is 4.90 Å². The van der Waals surface area contributed by atoms with Gasteiger partial charge < -0.3 is 9.84 Å². The van der Waals surface area contributed by atoms with Crippen molar-refractivity contribution in [3.8, 4) is 0 Å². The fraction of sp³-hybridized carbons (Fsp3) is 0.933. The van der Waals surface area contributed by atoms with Gasteiger partial charge in [-0.25, -0.2) is 4.79 Å². The largest absolute Gasteiger partial charge is 0.479 e. The van der Waals surface area contributed by atoms with Gasteiger partial charge in [-0.05, 0) is 31.1 Å². The molecular weight excluding hydrogens is 242 g/mol. The molecule has 19 heavy (non-hydrogen) atoms. The zero-order chi connectivity index (χ0) is 13.3. The lowest BCUT2D eigenvalue weighted by Gasteiger charge is -2.51. The molecule has 3 rings (SSSR count). The fourth-order valence-electron chi connectivity index (χ4n) is 4.14. The number of carboxylic acid groups (broad SMARTS) is 1. The molecule has 0 aromatic carbocycles. The zero-order valence-corrected chi connectivity index (χ0v) is 11.6. The molecule has 4 heteroatoms. The van der Waals surface area contributed by atoms with Gasteiger partial charge in [-0.2, -0.15) is 0 Å². The number of aliphatic carboxylic acids is 1. The van der Waals surface area contributed by atoms with Crippen molar-refractivity contribution in [2.24, 2.45) is 5.41 Å². The molecule has 2 saturated heterocycles. The molecule has 0 aromatic rings. The summed E-state index contributed by atoms with van der Waals surface area (Å²) in [6, 6.07) is 0. The first-order valence-corrected chi connectivity index (χ1v) is 7.78. The number of carboxylic acids is 1. The molecular formula is C15H25NO3. The maximum atomic E-state index is 10.9. The van der Waals surface area contributed by atoms with Crippen LogP contribution in [0.2, 0.25) is 0 Å². The van der Waals surface area contributed by atoms with Crippen molar-refractivity contribution in [2.45, 2.75) is 63.6 Å². The Kier molecular flexibility index (Phi) is 3.81. The van der Waals surface area contributed by atoms with Crippen LogP contribution in [-0.2, 0) is 9.53 Å². The Morgan fingerprint density at radius 2 is 1.84 bits per heavy atom. The van der Waals surface area contributed by atoms with Crippen LogP contribution in [0.15, 0.2) is 0 Å². The summed E-state index contributed by atoms with van der Waals surface area (Å²) in [4.78, 5) is 13.3. The first-order chi connectivity index (χ1) is 9.17. The van der Waals surface area contributed by atoms with Crippen molar-refractivity contribution in [3.05, 3.63) is 0 Å². The van der Waals surface area contributed by atoms with Gasteiger partial charge in [0.1, 0.15) is 0 Å². The Morgan fingerprint density at radius 1 is 1.16 bits per heavy atom. The summed E-state index contributed by atoms with van der Waals surface area (Å²) in [6.45, 7) is 3.36. The van der Waals surface area contributed by atoms with Crippen molar-refractivity contribution in [3.63, 3.8) is 0 Å². The van der Waals surface area contributed by atoms with Crippen LogP contribution < -0.4 is 0 Å². The number of hydrogen-bond acceptors (Lipinski definition) is 3. The predicted molar refractivity (Wildman–Crippen MR) is 72.1 cm³/mol. The molecule has 1 spiro atoms. The lowest BCUT2D eigenvalue weighted by atomic mass is 9.73. The highest BCUT2D eigenvalue weighted by molar-refractivity contribution is 5.72. The van der Waals surface area contributed by atoms with Crippen molar-refractivity contribution >= 4 is 5.97 Å². The van der Waals surface area contributed by atoms with E-state index >= 15 is 0 Å². The maximum absolute atomic E-state index is 10.9. The summed E-state index contributed by atoms with van der Waals surface area (Å²) in [6.07, 6.45) is 9.58. The minimum absolute atomic E-state index is 0.143. The van der Waals surface area contributed by atoms with Gasteiger partial charge in [0.05, 0.1) is 6.10 Å². The van der Waals surface area contributed by atoms with Crippen LogP contribution in [0.3, 0.4) is 0 Å². The first kappa shape index (κ1) is 13.4. The molecule has 0 amide bonds. The lowest BCUT2D eigenvalue weighted by Crippen LogP contribution is -2.57. The average molecular weight is 267 g/mol. The van der Waals surface area contributed by atoms with Crippen LogP contribution in [-0.4, -0.2) is 47.8 Å². The molecule has 2 unspecified atom stereocenters. The number of hydrogen-bond donors (Lipinski definition) is 1. The first-order valence-electron chi connectivity index (χ1n) is 7.78. The fourth-order valence-corrected chi connectivity index (χ4v) is 4.14. The van der Waals surface area contributed by atoms with Crippen LogP contribution in [0.1, 0.15) is 51.4 Å². The molecule has 3 aliphatic rings. The topological polar surface area (TPSA) is 49.8 Å². The van der Waals surface area contributed by atoms with E-state index in [1.807, 2.05) is 0 Å². The molecule has 3 fully saturated rings. The number of nitrogens with zero attached hydrogens (tertiary/aromatic N) is 1. The summed E-state index contributed by atoms with van der Waals surface area (Å²) >= 11 is 0. The maximum Gasteiger partial charge on any atom is 0.332 e. The quantitative estimate of drug-likeness (QED) is 0.852. The van der Waals surface area contributed by atoms with Crippen molar-refractivity contribution in [2.75, 3.05) is 19.6 Å². The van der Waals surface area contributed by atoms with Gasteiger partial charge in [-0.3, -0.25) is 4.90 Å². The monoisotopic (exact) mass is 267 g/mol. The van der Waals surface area contributed by atoms with Gasteiger partial charge in [0, 0.05) is 19.6 Å². The minimum atomic E-state index is -0.800. The number of likely N-dealkylation sites (tertiary alicyclic amines) is 1. The minimum Gasteiger partial charge on any atom is -0.479 e. The average Bonchev–Trinajstić information content (AvgIpc) is 2.66. The highest BCUT2D eigenvalue weighted by atomic mass is 16.5. The third-order valence-electron chi connectivity index (χ3n) is 5.13. The molecule has 2 heterocycles. The molecule has 4 nitrogen and oxygen atoms in total. The van der Waals surface area contributed by atoms with E-state index < -0.39 is 12.1 Å². The summed E-state index contributed by atoms with van der Waals surface area (Å²) < 4.78 is 5.59. The Balaban J connectivity index is 1.43. The standard InChI is InChI=1S/C15H25NO3/c17-14(18)13-6-5-12(19-13)9-16-10-15(11-16)7-3-1-2-4-8-15/h12-13H,1-11H2,(H,17,18). The molecule has 1 aliphatic carbocycles. The van der Waals surface area contributed by atoms with Gasteiger partial charge in [0.15, 0.2) is 6.10 Å². The van der Waals surface area contributed by atoms with Gasteiger partial charge in [-0.1, -0.05) is 25.7 Å². The van der Waals surface area contributed by atoms with Gasteiger partial charge in [0.25, 0.3) is 0 Å². The third-order valence-corrected chi connectivity index (χ3v) is 5.13. The third kappa shape index (κ3) is 2.95. The Morgan fingerprint density at radius 3 is 2.42 bits per heavy atom. The second-order valence-electron chi connectivity index (χ2n) is 6.75. The van der Waals surface area contributed by atoms with Crippen LogP contribution in [0.5, 0.6) is 0 Å². The lowest BCUT2D eigenvalue weighted by molar-refractivity contribution is -0.150. The van der Waals surface area contributed by atoms with E-state index in [9.17, 15) is 4.79 Å². The molecule has 0 radical (unpaired) electrons. The number of carbonyl (C=O) groups is 1. The SMILES string of the molecule is O=C(O)C1CCC(CN2CC3(CCCCCC3)C2)O1. The van der Waals surface area contributed by atoms with E-state index in [1.165, 1.54) is 51.6 Å². The summed E-state index contributed by atoms with van der Waals surface area (Å²) in [5.74, 6) is -0.800. The van der Waals surface area contributed by atoms with E-state index in [1.54, 1.807) is 0 Å². The number of ether oxygens (including phenoxy) is 1. The van der Waals surface area contributed by atoms with Crippen molar-refractivity contribution < 1.29 is 14.6 Å². The molecule has 0 aromatic heterocycles. The van der Waals surface area contributed by atoms with E-state index in [0.717, 1.165) is 13.0 Å². The second kappa shape index (κ2) is 5.41. The summed E-state index contributed by atoms with van der Waals surface area (Å²) in [5, 5.41) is 8.93. The number of rotatable bonds is 3. The Hall–Kier alpha value is -0.610. The highest BCUT2D eigenvalue weighted by Crippen LogP contribution is 2.43. The van der Waals surface area contributed by atoms with Crippen LogP contribution in [0.25, 0.3) is 0 Å². The van der Waals surface area contributed by atoms with Crippen LogP contribution >= 0.6 is 0 Å². The predicted octanol–water partition coefficient (Wildman–Crippen LogP) is 2.27. The van der Waals surface area contributed by atoms with E-state index in [-0.39, 0.29) is 6.10 Å². The smallest absolute Gasteiger partial charge is 0.332 e. The van der Waals surface area contributed by atoms with Crippen LogP contribution in [0.4, 0.5) is 0 Å². The molecule has 1 N–H and O–H groups in total. The highest BCUT2D eigenvalue weighted by Gasteiger charge is 2.43. The van der Waals surface area contributed by atoms with Gasteiger partial charge in [0.2, 0.25) is 0 Å². The van der Waals surface area contributed by atoms with Gasteiger partial charge in [-0.15, -0.1) is 0 Å². The summed E-state index contributed by atoms with van der Waals surface area (Å²) in [7, 11) is 0. The van der Waals surface area contributed by atoms with E-state index in [0.29, 0.717) is 11.8 Å². The van der Waals surface area contributed by atoms with Crippen molar-refractivity contribution in [1.82, 2.24) is 4.90 Å². The summed E-state index contributed by atoms with van der Waals surface area (Å²) in [5.41, 5.74) is 0.599. The normalized spacial score (nSPS) is 34.9. The van der Waals surface area contributed by atoms with Crippen molar-refractivity contribution in [1.29, 1.82) is 0 Å². The molecule has 1 saturated carbocycles. The van der Waals surface area contributed by atoms with Crippen LogP contribution in [0, 0.1) is 5.41 Å².